The second-order valence-electron chi connectivity index (χ2n) is 3.93. The first-order chi connectivity index (χ1) is 7.69. The quantitative estimate of drug-likeness (QED) is 0.749. The van der Waals surface area contributed by atoms with Crippen molar-refractivity contribution in [2.75, 3.05) is 13.2 Å². The first kappa shape index (κ1) is 13.6. The van der Waals surface area contributed by atoms with Crippen LogP contribution in [0.15, 0.2) is 29.2 Å². The van der Waals surface area contributed by atoms with Gasteiger partial charge in [0.15, 0.2) is 0 Å². The maximum Gasteiger partial charge on any atom is 0.0550 e. The van der Waals surface area contributed by atoms with Gasteiger partial charge in [-0.25, -0.2) is 0 Å². The molecule has 2 atom stereocenters. The fraction of sp³-hybridized carbons (Fsp3) is 0.538. The number of benzene rings is 1. The van der Waals surface area contributed by atoms with E-state index in [-0.39, 0.29) is 11.9 Å². The Morgan fingerprint density at radius 3 is 2.62 bits per heavy atom. The minimum absolute atomic E-state index is 0.217. The molecule has 0 radical (unpaired) electrons. The van der Waals surface area contributed by atoms with Crippen molar-refractivity contribution in [2.24, 2.45) is 0 Å². The molecule has 0 saturated heterocycles. The van der Waals surface area contributed by atoms with Crippen molar-refractivity contribution in [1.82, 2.24) is 5.32 Å². The topological polar surface area (TPSA) is 32.3 Å². The SMILES string of the molecule is CCNC(C)c1ccccc1SC(C)CO. The minimum Gasteiger partial charge on any atom is -0.395 e. The Kier molecular flexibility index (Phi) is 5.88. The van der Waals surface area contributed by atoms with Crippen LogP contribution in [-0.2, 0) is 0 Å². The van der Waals surface area contributed by atoms with Crippen LogP contribution >= 0.6 is 11.8 Å². The van der Waals surface area contributed by atoms with Crippen molar-refractivity contribution < 1.29 is 5.11 Å². The van der Waals surface area contributed by atoms with Crippen molar-refractivity contribution in [3.05, 3.63) is 29.8 Å². The van der Waals surface area contributed by atoms with Crippen LogP contribution in [0.5, 0.6) is 0 Å². The van der Waals surface area contributed by atoms with Gasteiger partial charge in [-0.1, -0.05) is 32.0 Å². The number of hydrogen-bond acceptors (Lipinski definition) is 3. The van der Waals surface area contributed by atoms with Gasteiger partial charge in [-0.15, -0.1) is 11.8 Å². The summed E-state index contributed by atoms with van der Waals surface area (Å²) in [4.78, 5) is 1.26. The van der Waals surface area contributed by atoms with Crippen LogP contribution in [0.1, 0.15) is 32.4 Å². The number of rotatable bonds is 6. The molecule has 90 valence electrons. The standard InChI is InChI=1S/C13H21NOS/c1-4-14-11(3)12-7-5-6-8-13(12)16-10(2)9-15/h5-8,10-11,14-15H,4,9H2,1-3H3. The maximum atomic E-state index is 9.09. The summed E-state index contributed by atoms with van der Waals surface area (Å²) in [6.45, 7) is 7.51. The molecular weight excluding hydrogens is 218 g/mol. The smallest absolute Gasteiger partial charge is 0.0550 e. The van der Waals surface area contributed by atoms with E-state index < -0.39 is 0 Å². The molecule has 0 spiro atoms. The van der Waals surface area contributed by atoms with Crippen LogP contribution in [0.3, 0.4) is 0 Å². The van der Waals surface area contributed by atoms with E-state index in [0.29, 0.717) is 6.04 Å². The molecule has 2 unspecified atom stereocenters. The van der Waals surface area contributed by atoms with Crippen molar-refractivity contribution in [2.45, 2.75) is 37.0 Å². The zero-order valence-corrected chi connectivity index (χ0v) is 11.1. The van der Waals surface area contributed by atoms with Gasteiger partial charge in [-0.05, 0) is 25.1 Å². The molecule has 0 aliphatic heterocycles. The third kappa shape index (κ3) is 3.81. The van der Waals surface area contributed by atoms with E-state index in [4.69, 9.17) is 5.11 Å². The Hall–Kier alpha value is -0.510. The Balaban J connectivity index is 2.82. The van der Waals surface area contributed by atoms with E-state index in [0.717, 1.165) is 6.54 Å². The van der Waals surface area contributed by atoms with Gasteiger partial charge in [0.05, 0.1) is 6.61 Å². The van der Waals surface area contributed by atoms with Gasteiger partial charge in [0, 0.05) is 16.2 Å². The lowest BCUT2D eigenvalue weighted by Crippen LogP contribution is -2.18. The highest BCUT2D eigenvalue weighted by molar-refractivity contribution is 8.00. The summed E-state index contributed by atoms with van der Waals surface area (Å²) in [6, 6.07) is 8.75. The van der Waals surface area contributed by atoms with Gasteiger partial charge < -0.3 is 10.4 Å². The van der Waals surface area contributed by atoms with Crippen LogP contribution in [0, 0.1) is 0 Å². The highest BCUT2D eigenvalue weighted by Gasteiger charge is 2.11. The van der Waals surface area contributed by atoms with E-state index in [2.05, 4.69) is 43.4 Å². The van der Waals surface area contributed by atoms with Gasteiger partial charge in [-0.2, -0.15) is 0 Å². The zero-order chi connectivity index (χ0) is 12.0. The first-order valence-electron chi connectivity index (χ1n) is 5.78. The molecule has 0 aliphatic carbocycles. The Bertz CT molecular complexity index is 317. The lowest BCUT2D eigenvalue weighted by atomic mass is 10.1. The number of aliphatic hydroxyl groups excluding tert-OH is 1. The third-order valence-corrected chi connectivity index (χ3v) is 3.66. The summed E-state index contributed by atoms with van der Waals surface area (Å²) < 4.78 is 0. The molecule has 0 aliphatic rings. The Morgan fingerprint density at radius 1 is 1.31 bits per heavy atom. The van der Waals surface area contributed by atoms with E-state index in [9.17, 15) is 0 Å². The van der Waals surface area contributed by atoms with Crippen molar-refractivity contribution >= 4 is 11.8 Å². The third-order valence-electron chi connectivity index (χ3n) is 2.48. The summed E-state index contributed by atoms with van der Waals surface area (Å²) in [7, 11) is 0. The molecule has 1 aromatic rings. The first-order valence-corrected chi connectivity index (χ1v) is 6.66. The monoisotopic (exact) mass is 239 g/mol. The molecular formula is C13H21NOS. The average molecular weight is 239 g/mol. The van der Waals surface area contributed by atoms with Gasteiger partial charge in [0.1, 0.15) is 0 Å². The Morgan fingerprint density at radius 2 is 2.00 bits per heavy atom. The zero-order valence-electron chi connectivity index (χ0n) is 10.2. The molecule has 16 heavy (non-hydrogen) atoms. The van der Waals surface area contributed by atoms with Gasteiger partial charge in [0.25, 0.3) is 0 Å². The Labute approximate surface area is 102 Å². The fourth-order valence-corrected chi connectivity index (χ4v) is 2.66. The van der Waals surface area contributed by atoms with E-state index in [1.807, 2.05) is 6.92 Å². The van der Waals surface area contributed by atoms with Gasteiger partial charge >= 0.3 is 0 Å². The minimum atomic E-state index is 0.217. The van der Waals surface area contributed by atoms with Crippen molar-refractivity contribution in [3.8, 4) is 0 Å². The number of nitrogens with one attached hydrogen (secondary N) is 1. The maximum absolute atomic E-state index is 9.09. The molecule has 0 bridgehead atoms. The van der Waals surface area contributed by atoms with Crippen molar-refractivity contribution in [1.29, 1.82) is 0 Å². The van der Waals surface area contributed by atoms with Crippen LogP contribution < -0.4 is 5.32 Å². The summed E-state index contributed by atoms with van der Waals surface area (Å²) in [6.07, 6.45) is 0. The molecule has 0 amide bonds. The number of hydrogen-bond donors (Lipinski definition) is 2. The summed E-state index contributed by atoms with van der Waals surface area (Å²) in [5.74, 6) is 0. The molecule has 1 aromatic carbocycles. The fourth-order valence-electron chi connectivity index (χ4n) is 1.62. The molecule has 1 rings (SSSR count). The molecule has 3 heteroatoms. The predicted molar refractivity (Wildman–Crippen MR) is 70.9 cm³/mol. The molecule has 0 heterocycles. The van der Waals surface area contributed by atoms with Gasteiger partial charge in [-0.3, -0.25) is 0 Å². The van der Waals surface area contributed by atoms with Crippen LogP contribution in [0.4, 0.5) is 0 Å². The highest BCUT2D eigenvalue weighted by atomic mass is 32.2. The number of thioether (sulfide) groups is 1. The average Bonchev–Trinajstić information content (AvgIpc) is 2.30. The van der Waals surface area contributed by atoms with Crippen LogP contribution in [0.2, 0.25) is 0 Å². The lowest BCUT2D eigenvalue weighted by molar-refractivity contribution is 0.300. The van der Waals surface area contributed by atoms with Gasteiger partial charge in [0.2, 0.25) is 0 Å². The summed E-state index contributed by atoms with van der Waals surface area (Å²) >= 11 is 1.73. The number of aliphatic hydroxyl groups is 1. The lowest BCUT2D eigenvalue weighted by Gasteiger charge is -2.18. The largest absolute Gasteiger partial charge is 0.395 e. The second kappa shape index (κ2) is 6.94. The molecule has 0 saturated carbocycles. The highest BCUT2D eigenvalue weighted by Crippen LogP contribution is 2.30. The molecule has 0 fully saturated rings. The van der Waals surface area contributed by atoms with E-state index in [1.165, 1.54) is 10.5 Å². The summed E-state index contributed by atoms with van der Waals surface area (Å²) in [5.41, 5.74) is 1.31. The molecule has 2 N–H and O–H groups in total. The van der Waals surface area contributed by atoms with E-state index >= 15 is 0 Å². The van der Waals surface area contributed by atoms with Crippen LogP contribution in [0.25, 0.3) is 0 Å². The van der Waals surface area contributed by atoms with Crippen molar-refractivity contribution in [3.63, 3.8) is 0 Å². The normalized spacial score (nSPS) is 14.8. The second-order valence-corrected chi connectivity index (χ2v) is 5.41. The molecule has 0 aromatic heterocycles. The molecule has 2 nitrogen and oxygen atoms in total. The van der Waals surface area contributed by atoms with E-state index in [1.54, 1.807) is 11.8 Å². The van der Waals surface area contributed by atoms with Crippen LogP contribution in [-0.4, -0.2) is 23.5 Å². The summed E-state index contributed by atoms with van der Waals surface area (Å²) in [5, 5.41) is 12.8. The predicted octanol–water partition coefficient (Wildman–Crippen LogP) is 2.83.